The number of carbonyl (C=O) groups excluding carboxylic acids is 1. The maximum atomic E-state index is 12.1. The van der Waals surface area contributed by atoms with Gasteiger partial charge in [0, 0.05) is 19.6 Å². The van der Waals surface area contributed by atoms with Crippen molar-refractivity contribution in [3.05, 3.63) is 35.9 Å². The number of benzene rings is 1. The van der Waals surface area contributed by atoms with Gasteiger partial charge in [0.25, 0.3) is 0 Å². The molecule has 1 aliphatic rings. The van der Waals surface area contributed by atoms with Crippen molar-refractivity contribution in [2.24, 2.45) is 4.99 Å². The Morgan fingerprint density at radius 3 is 2.59 bits per heavy atom. The molecule has 1 saturated heterocycles. The molecule has 1 amide bonds. The molecule has 7 nitrogen and oxygen atoms in total. The second kappa shape index (κ2) is 10.5. The van der Waals surface area contributed by atoms with E-state index >= 15 is 0 Å². The summed E-state index contributed by atoms with van der Waals surface area (Å²) in [4.78, 5) is 21.4. The third kappa shape index (κ3) is 7.57. The van der Waals surface area contributed by atoms with Gasteiger partial charge >= 0.3 is 6.09 Å². The molecular formula is C22H37N5O2. The summed E-state index contributed by atoms with van der Waals surface area (Å²) in [5, 5.41) is 6.37. The molecule has 0 saturated carbocycles. The molecule has 0 aromatic heterocycles. The first-order valence-corrected chi connectivity index (χ1v) is 10.4. The minimum absolute atomic E-state index is 0.0625. The number of amides is 1. The van der Waals surface area contributed by atoms with Gasteiger partial charge in [-0.05, 0) is 53.8 Å². The van der Waals surface area contributed by atoms with Gasteiger partial charge in [-0.3, -0.25) is 4.99 Å². The SMILES string of the molecule is CCNC(=NCC(c1ccccc1)N(C)C)N1CCC(NC(=O)OC(C)(C)C)C1. The largest absolute Gasteiger partial charge is 0.444 e. The predicted molar refractivity (Wildman–Crippen MR) is 118 cm³/mol. The Kier molecular flexibility index (Phi) is 8.32. The molecule has 0 radical (unpaired) electrons. The maximum Gasteiger partial charge on any atom is 0.407 e. The number of guanidine groups is 1. The first-order valence-electron chi connectivity index (χ1n) is 10.4. The van der Waals surface area contributed by atoms with Crippen LogP contribution >= 0.6 is 0 Å². The standard InChI is InChI=1S/C22H37N5O2/c1-7-23-20(24-15-19(26(5)6)17-11-9-8-10-12-17)27-14-13-18(16-27)25-21(28)29-22(2,3)4/h8-12,18-19H,7,13-16H2,1-6H3,(H,23,24)(H,25,28). The van der Waals surface area contributed by atoms with Gasteiger partial charge in [0.1, 0.15) is 5.60 Å². The summed E-state index contributed by atoms with van der Waals surface area (Å²) in [6.45, 7) is 10.7. The quantitative estimate of drug-likeness (QED) is 0.565. The van der Waals surface area contributed by atoms with Gasteiger partial charge in [0.05, 0.1) is 18.6 Å². The number of nitrogens with zero attached hydrogens (tertiary/aromatic N) is 3. The summed E-state index contributed by atoms with van der Waals surface area (Å²) in [6.07, 6.45) is 0.516. The minimum Gasteiger partial charge on any atom is -0.444 e. The summed E-state index contributed by atoms with van der Waals surface area (Å²) >= 11 is 0. The van der Waals surface area contributed by atoms with E-state index in [4.69, 9.17) is 9.73 Å². The van der Waals surface area contributed by atoms with Gasteiger partial charge in [-0.15, -0.1) is 0 Å². The number of carbonyl (C=O) groups is 1. The van der Waals surface area contributed by atoms with Crippen molar-refractivity contribution in [1.29, 1.82) is 0 Å². The molecule has 2 atom stereocenters. The van der Waals surface area contributed by atoms with Crippen LogP contribution in [0.4, 0.5) is 4.79 Å². The van der Waals surface area contributed by atoms with Crippen LogP contribution in [0.2, 0.25) is 0 Å². The second-order valence-corrected chi connectivity index (χ2v) is 8.66. The molecule has 1 heterocycles. The Labute approximate surface area is 175 Å². The zero-order valence-electron chi connectivity index (χ0n) is 18.7. The fourth-order valence-electron chi connectivity index (χ4n) is 3.39. The predicted octanol–water partition coefficient (Wildman–Crippen LogP) is 2.85. The fourth-order valence-corrected chi connectivity index (χ4v) is 3.39. The van der Waals surface area contributed by atoms with Crippen molar-refractivity contribution in [2.45, 2.75) is 51.8 Å². The highest BCUT2D eigenvalue weighted by Gasteiger charge is 2.28. The van der Waals surface area contributed by atoms with E-state index in [1.807, 2.05) is 26.8 Å². The normalized spacial score (nSPS) is 18.7. The van der Waals surface area contributed by atoms with E-state index in [1.54, 1.807) is 0 Å². The van der Waals surface area contributed by atoms with Crippen molar-refractivity contribution in [1.82, 2.24) is 20.4 Å². The van der Waals surface area contributed by atoms with Gasteiger partial charge in [0.15, 0.2) is 5.96 Å². The number of ether oxygens (including phenoxy) is 1. The van der Waals surface area contributed by atoms with Crippen molar-refractivity contribution in [3.8, 4) is 0 Å². The second-order valence-electron chi connectivity index (χ2n) is 8.66. The van der Waals surface area contributed by atoms with E-state index in [1.165, 1.54) is 5.56 Å². The lowest BCUT2D eigenvalue weighted by Crippen LogP contribution is -2.44. The summed E-state index contributed by atoms with van der Waals surface area (Å²) in [5.41, 5.74) is 0.764. The Balaban J connectivity index is 2.00. The summed E-state index contributed by atoms with van der Waals surface area (Å²) < 4.78 is 5.38. The van der Waals surface area contributed by atoms with Gasteiger partial charge in [0.2, 0.25) is 0 Å². The molecule has 1 aromatic carbocycles. The van der Waals surface area contributed by atoms with E-state index in [0.29, 0.717) is 6.54 Å². The van der Waals surface area contributed by atoms with Crippen LogP contribution < -0.4 is 10.6 Å². The lowest BCUT2D eigenvalue weighted by molar-refractivity contribution is 0.0507. The summed E-state index contributed by atoms with van der Waals surface area (Å²) in [7, 11) is 4.16. The molecule has 2 rings (SSSR count). The van der Waals surface area contributed by atoms with Crippen LogP contribution in [0.1, 0.15) is 45.7 Å². The van der Waals surface area contributed by atoms with Crippen LogP contribution in [0, 0.1) is 0 Å². The average Bonchev–Trinajstić information content (AvgIpc) is 3.08. The molecule has 0 aliphatic carbocycles. The molecule has 0 spiro atoms. The number of alkyl carbamates (subject to hydrolysis) is 1. The van der Waals surface area contributed by atoms with Crippen molar-refractivity contribution < 1.29 is 9.53 Å². The molecule has 1 aromatic rings. The molecule has 7 heteroatoms. The first-order chi connectivity index (χ1) is 13.7. The van der Waals surface area contributed by atoms with Crippen molar-refractivity contribution in [3.63, 3.8) is 0 Å². The van der Waals surface area contributed by atoms with Crippen LogP contribution in [0.15, 0.2) is 35.3 Å². The third-order valence-electron chi connectivity index (χ3n) is 4.77. The Hall–Kier alpha value is -2.28. The van der Waals surface area contributed by atoms with E-state index in [0.717, 1.165) is 32.0 Å². The van der Waals surface area contributed by atoms with Gasteiger partial charge in [-0.1, -0.05) is 30.3 Å². The number of hydrogen-bond donors (Lipinski definition) is 2. The van der Waals surface area contributed by atoms with E-state index < -0.39 is 5.60 Å². The number of likely N-dealkylation sites (tertiary alicyclic amines) is 1. The number of likely N-dealkylation sites (N-methyl/N-ethyl adjacent to an activating group) is 1. The number of nitrogens with one attached hydrogen (secondary N) is 2. The highest BCUT2D eigenvalue weighted by atomic mass is 16.6. The van der Waals surface area contributed by atoms with Crippen molar-refractivity contribution >= 4 is 12.1 Å². The van der Waals surface area contributed by atoms with Crippen LogP contribution in [-0.2, 0) is 4.74 Å². The lowest BCUT2D eigenvalue weighted by Gasteiger charge is -2.26. The Morgan fingerprint density at radius 1 is 1.31 bits per heavy atom. The lowest BCUT2D eigenvalue weighted by atomic mass is 10.1. The van der Waals surface area contributed by atoms with E-state index in [9.17, 15) is 4.79 Å². The summed E-state index contributed by atoms with van der Waals surface area (Å²) in [6, 6.07) is 10.7. The monoisotopic (exact) mass is 403 g/mol. The smallest absolute Gasteiger partial charge is 0.407 e. The van der Waals surface area contributed by atoms with E-state index in [2.05, 4.69) is 65.7 Å². The molecule has 1 fully saturated rings. The topological polar surface area (TPSA) is 69.2 Å². The molecule has 162 valence electrons. The van der Waals surface area contributed by atoms with E-state index in [-0.39, 0.29) is 18.2 Å². The minimum atomic E-state index is -0.489. The first kappa shape index (κ1) is 23.0. The zero-order valence-corrected chi connectivity index (χ0v) is 18.7. The van der Waals surface area contributed by atoms with Crippen molar-refractivity contribution in [2.75, 3.05) is 40.3 Å². The highest BCUT2D eigenvalue weighted by Crippen LogP contribution is 2.19. The molecule has 1 aliphatic heterocycles. The molecule has 2 N–H and O–H groups in total. The molecule has 2 unspecified atom stereocenters. The maximum absolute atomic E-state index is 12.1. The van der Waals surface area contributed by atoms with Gasteiger partial charge in [-0.25, -0.2) is 4.79 Å². The van der Waals surface area contributed by atoms with Crippen LogP contribution in [0.3, 0.4) is 0 Å². The number of hydrogen-bond acceptors (Lipinski definition) is 4. The van der Waals surface area contributed by atoms with Crippen LogP contribution in [0.5, 0.6) is 0 Å². The fraction of sp³-hybridized carbons (Fsp3) is 0.636. The van der Waals surface area contributed by atoms with Gasteiger partial charge in [-0.2, -0.15) is 0 Å². The van der Waals surface area contributed by atoms with Gasteiger partial charge < -0.3 is 25.2 Å². The van der Waals surface area contributed by atoms with Crippen LogP contribution in [-0.4, -0.2) is 73.8 Å². The Bertz CT molecular complexity index is 670. The molecule has 0 bridgehead atoms. The molecule has 29 heavy (non-hydrogen) atoms. The highest BCUT2D eigenvalue weighted by molar-refractivity contribution is 5.80. The number of rotatable bonds is 6. The average molecular weight is 404 g/mol. The zero-order chi connectivity index (χ0) is 21.4. The third-order valence-corrected chi connectivity index (χ3v) is 4.77. The Morgan fingerprint density at radius 2 is 2.00 bits per heavy atom. The van der Waals surface area contributed by atoms with Crippen LogP contribution in [0.25, 0.3) is 0 Å². The summed E-state index contributed by atoms with van der Waals surface area (Å²) in [5.74, 6) is 0.892. The number of aliphatic imine (C=N–C) groups is 1. The molecular weight excluding hydrogens is 366 g/mol.